The van der Waals surface area contributed by atoms with Crippen molar-refractivity contribution in [2.45, 2.75) is 27.7 Å². The van der Waals surface area contributed by atoms with Gasteiger partial charge >= 0.3 is 0 Å². The van der Waals surface area contributed by atoms with Crippen LogP contribution >= 0.6 is 23.2 Å². The van der Waals surface area contributed by atoms with Gasteiger partial charge < -0.3 is 9.47 Å². The van der Waals surface area contributed by atoms with Crippen molar-refractivity contribution in [1.29, 1.82) is 0 Å². The predicted molar refractivity (Wildman–Crippen MR) is 110 cm³/mol. The van der Waals surface area contributed by atoms with E-state index in [1.165, 1.54) is 0 Å². The molecule has 0 spiro atoms. The fourth-order valence-electron chi connectivity index (χ4n) is 2.16. The van der Waals surface area contributed by atoms with Crippen molar-refractivity contribution in [3.63, 3.8) is 0 Å². The normalized spacial score (nSPS) is 11.2. The molecule has 2 aromatic rings. The number of anilines is 1. The number of nitrogens with zero attached hydrogens (tertiary/aromatic N) is 1. The fraction of sp³-hybridized carbons (Fsp3) is 0.350. The van der Waals surface area contributed by atoms with Gasteiger partial charge in [0.1, 0.15) is 0 Å². The number of aryl methyl sites for hydroxylation is 1. The van der Waals surface area contributed by atoms with E-state index in [1.807, 2.05) is 38.1 Å². The van der Waals surface area contributed by atoms with Crippen LogP contribution in [0.2, 0.25) is 10.0 Å². The van der Waals surface area contributed by atoms with Crippen LogP contribution < -0.4 is 14.9 Å². The highest BCUT2D eigenvalue weighted by molar-refractivity contribution is 6.32. The molecule has 0 saturated carbocycles. The van der Waals surface area contributed by atoms with E-state index in [1.54, 1.807) is 12.3 Å². The number of hydrogen-bond acceptors (Lipinski definition) is 4. The Kier molecular flexibility index (Phi) is 7.61. The predicted octanol–water partition coefficient (Wildman–Crippen LogP) is 6.18. The Bertz CT molecular complexity index is 777. The van der Waals surface area contributed by atoms with E-state index < -0.39 is 0 Å². The number of nitrogens with one attached hydrogen (secondary N) is 1. The summed E-state index contributed by atoms with van der Waals surface area (Å²) in [7, 11) is 0. The van der Waals surface area contributed by atoms with E-state index in [-0.39, 0.29) is 0 Å². The lowest BCUT2D eigenvalue weighted by atomic mass is 10.2. The van der Waals surface area contributed by atoms with Gasteiger partial charge in [0, 0.05) is 5.02 Å². The van der Waals surface area contributed by atoms with Crippen LogP contribution in [0.4, 0.5) is 5.69 Å². The summed E-state index contributed by atoms with van der Waals surface area (Å²) in [4.78, 5) is 0. The number of hydrogen-bond donors (Lipinski definition) is 1. The Labute approximate surface area is 165 Å². The van der Waals surface area contributed by atoms with Gasteiger partial charge in [0.15, 0.2) is 11.5 Å². The number of benzene rings is 2. The van der Waals surface area contributed by atoms with Crippen LogP contribution in [0.3, 0.4) is 0 Å². The molecule has 0 unspecified atom stereocenters. The average molecular weight is 395 g/mol. The summed E-state index contributed by atoms with van der Waals surface area (Å²) in [6.07, 6.45) is 1.67. The lowest BCUT2D eigenvalue weighted by Crippen LogP contribution is -2.07. The van der Waals surface area contributed by atoms with Gasteiger partial charge in [0.2, 0.25) is 0 Å². The topological polar surface area (TPSA) is 42.8 Å². The highest BCUT2D eigenvalue weighted by Crippen LogP contribution is 2.36. The lowest BCUT2D eigenvalue weighted by molar-refractivity contribution is 0.248. The highest BCUT2D eigenvalue weighted by Gasteiger charge is 2.12. The summed E-state index contributed by atoms with van der Waals surface area (Å²) in [5, 5.41) is 5.43. The van der Waals surface area contributed by atoms with E-state index in [0.717, 1.165) is 16.8 Å². The first-order valence-corrected chi connectivity index (χ1v) is 9.30. The van der Waals surface area contributed by atoms with Gasteiger partial charge in [-0.25, -0.2) is 0 Å². The molecule has 0 aromatic heterocycles. The first-order valence-electron chi connectivity index (χ1n) is 8.55. The van der Waals surface area contributed by atoms with E-state index in [9.17, 15) is 0 Å². The van der Waals surface area contributed by atoms with Crippen molar-refractivity contribution in [2.24, 2.45) is 11.0 Å². The van der Waals surface area contributed by atoms with Gasteiger partial charge in [-0.2, -0.15) is 5.10 Å². The van der Waals surface area contributed by atoms with Crippen LogP contribution in [0.25, 0.3) is 0 Å². The van der Waals surface area contributed by atoms with Gasteiger partial charge in [0.25, 0.3) is 0 Å². The molecule has 140 valence electrons. The van der Waals surface area contributed by atoms with Crippen molar-refractivity contribution in [3.8, 4) is 11.5 Å². The number of ether oxygens (including phenoxy) is 2. The molecule has 2 rings (SSSR count). The van der Waals surface area contributed by atoms with Crippen molar-refractivity contribution < 1.29 is 9.47 Å². The van der Waals surface area contributed by atoms with Crippen LogP contribution in [-0.2, 0) is 0 Å². The van der Waals surface area contributed by atoms with Crippen molar-refractivity contribution in [2.75, 3.05) is 18.6 Å². The van der Waals surface area contributed by atoms with Crippen LogP contribution in [0, 0.1) is 12.8 Å². The number of halogens is 2. The Morgan fingerprint density at radius 1 is 1.12 bits per heavy atom. The quantitative estimate of drug-likeness (QED) is 0.429. The molecule has 0 heterocycles. The molecule has 4 nitrogen and oxygen atoms in total. The number of rotatable bonds is 8. The van der Waals surface area contributed by atoms with Crippen LogP contribution in [0.15, 0.2) is 35.4 Å². The molecule has 0 aliphatic rings. The summed E-state index contributed by atoms with van der Waals surface area (Å²) in [6, 6.07) is 9.34. The van der Waals surface area contributed by atoms with Gasteiger partial charge in [0.05, 0.1) is 30.1 Å². The van der Waals surface area contributed by atoms with Crippen LogP contribution in [0.1, 0.15) is 31.9 Å². The third-order valence-corrected chi connectivity index (χ3v) is 4.16. The maximum absolute atomic E-state index is 6.38. The minimum Gasteiger partial charge on any atom is -0.490 e. The van der Waals surface area contributed by atoms with Crippen molar-refractivity contribution in [3.05, 3.63) is 51.5 Å². The zero-order valence-corrected chi connectivity index (χ0v) is 17.0. The molecular formula is C20H24Cl2N2O2. The van der Waals surface area contributed by atoms with Crippen molar-refractivity contribution in [1.82, 2.24) is 0 Å². The zero-order chi connectivity index (χ0) is 19.1. The molecule has 0 atom stereocenters. The smallest absolute Gasteiger partial charge is 0.179 e. The second-order valence-corrected chi connectivity index (χ2v) is 7.12. The molecule has 1 N–H and O–H groups in total. The molecule has 26 heavy (non-hydrogen) atoms. The molecule has 0 aliphatic heterocycles. The van der Waals surface area contributed by atoms with Gasteiger partial charge in [-0.15, -0.1) is 0 Å². The first kappa shape index (κ1) is 20.4. The Morgan fingerprint density at radius 2 is 1.88 bits per heavy atom. The van der Waals surface area contributed by atoms with Gasteiger partial charge in [-0.1, -0.05) is 43.1 Å². The first-order chi connectivity index (χ1) is 12.4. The van der Waals surface area contributed by atoms with Crippen LogP contribution in [0.5, 0.6) is 11.5 Å². The molecule has 0 aliphatic carbocycles. The van der Waals surface area contributed by atoms with Crippen LogP contribution in [-0.4, -0.2) is 19.4 Å². The Balaban J connectivity index is 2.16. The zero-order valence-electron chi connectivity index (χ0n) is 15.5. The molecule has 0 radical (unpaired) electrons. The molecule has 2 aromatic carbocycles. The third kappa shape index (κ3) is 5.82. The molecule has 6 heteroatoms. The summed E-state index contributed by atoms with van der Waals surface area (Å²) in [6.45, 7) is 9.13. The monoisotopic (exact) mass is 394 g/mol. The largest absolute Gasteiger partial charge is 0.490 e. The summed E-state index contributed by atoms with van der Waals surface area (Å²) in [5.74, 6) is 1.57. The Morgan fingerprint density at radius 3 is 2.54 bits per heavy atom. The van der Waals surface area contributed by atoms with E-state index in [2.05, 4.69) is 24.4 Å². The van der Waals surface area contributed by atoms with E-state index >= 15 is 0 Å². The summed E-state index contributed by atoms with van der Waals surface area (Å²) >= 11 is 12.5. The maximum Gasteiger partial charge on any atom is 0.179 e. The molecule has 0 fully saturated rings. The molecule has 0 saturated heterocycles. The van der Waals surface area contributed by atoms with E-state index in [4.69, 9.17) is 32.7 Å². The van der Waals surface area contributed by atoms with E-state index in [0.29, 0.717) is 40.7 Å². The lowest BCUT2D eigenvalue weighted by Gasteiger charge is -2.15. The SMILES string of the molecule is CCOc1cc(/C=N/Nc2ccc(C)c(Cl)c2)cc(Cl)c1OCC(C)C. The molecule has 0 bridgehead atoms. The van der Waals surface area contributed by atoms with Crippen molar-refractivity contribution >= 4 is 35.1 Å². The maximum atomic E-state index is 6.38. The number of hydrazone groups is 1. The standard InChI is InChI=1S/C20H24Cl2N2O2/c1-5-25-19-9-15(8-18(22)20(19)26-12-13(2)3)11-23-24-16-7-6-14(4)17(21)10-16/h6-11,13,24H,5,12H2,1-4H3/b23-11+. The third-order valence-electron chi connectivity index (χ3n) is 3.47. The highest BCUT2D eigenvalue weighted by atomic mass is 35.5. The second-order valence-electron chi connectivity index (χ2n) is 6.30. The fourth-order valence-corrected chi connectivity index (χ4v) is 2.61. The minimum absolute atomic E-state index is 0.396. The van der Waals surface area contributed by atoms with Gasteiger partial charge in [-0.3, -0.25) is 5.43 Å². The minimum atomic E-state index is 0.396. The Hall–Kier alpha value is -1.91. The summed E-state index contributed by atoms with van der Waals surface area (Å²) < 4.78 is 11.5. The summed E-state index contributed by atoms with van der Waals surface area (Å²) in [5.41, 5.74) is 5.59. The average Bonchev–Trinajstić information content (AvgIpc) is 2.57. The second kappa shape index (κ2) is 9.70. The van der Waals surface area contributed by atoms with Gasteiger partial charge in [-0.05, 0) is 55.2 Å². The molecule has 0 amide bonds. The molecular weight excluding hydrogens is 371 g/mol.